The summed E-state index contributed by atoms with van der Waals surface area (Å²) < 4.78 is 0. The van der Waals surface area contributed by atoms with Gasteiger partial charge in [0.05, 0.1) is 5.01 Å². The molecule has 0 aromatic carbocycles. The molecule has 0 saturated carbocycles. The van der Waals surface area contributed by atoms with Gasteiger partial charge in [0, 0.05) is 30.2 Å². The number of thiazole rings is 1. The molecule has 7 nitrogen and oxygen atoms in total. The van der Waals surface area contributed by atoms with E-state index in [1.807, 2.05) is 13.8 Å². The molecular weight excluding hydrogens is 431 g/mol. The molecule has 2 N–H and O–H groups in total. The molecule has 0 aliphatic rings. The van der Waals surface area contributed by atoms with Crippen LogP contribution in [0.2, 0.25) is 0 Å². The fourth-order valence-electron chi connectivity index (χ4n) is 2.43. The first-order chi connectivity index (χ1) is 13.5. The minimum absolute atomic E-state index is 0. The largest absolute Gasteiger partial charge is 1.00 e. The van der Waals surface area contributed by atoms with E-state index in [4.69, 9.17) is 5.11 Å². The van der Waals surface area contributed by atoms with E-state index in [0.29, 0.717) is 24.7 Å². The Balaban J connectivity index is 0. The fraction of sp³-hybridized carbons (Fsp3) is 0.714. The molecule has 0 aliphatic heterocycles. The van der Waals surface area contributed by atoms with Gasteiger partial charge >= 0.3 is 57.4 Å². The third-order valence-corrected chi connectivity index (χ3v) is 5.31. The number of amides is 1. The summed E-state index contributed by atoms with van der Waals surface area (Å²) in [5.41, 5.74) is 0.0990. The monoisotopic (exact) mass is 466 g/mol. The van der Waals surface area contributed by atoms with Crippen molar-refractivity contribution in [3.8, 4) is 0 Å². The van der Waals surface area contributed by atoms with Gasteiger partial charge in [-0.3, -0.25) is 4.79 Å². The Morgan fingerprint density at radius 1 is 1.17 bits per heavy atom. The average Bonchev–Trinajstić information content (AvgIpc) is 3.06. The van der Waals surface area contributed by atoms with Crippen molar-refractivity contribution in [2.45, 2.75) is 79.7 Å². The third kappa shape index (κ3) is 15.5. The molecule has 166 valence electrons. The molecule has 2 atom stereocenters. The molecule has 0 spiro atoms. The maximum absolute atomic E-state index is 12.0. The normalized spacial score (nSPS) is 12.4. The minimum Gasteiger partial charge on any atom is -0.550 e. The smallest absolute Gasteiger partial charge is 0.550 e. The minimum atomic E-state index is -0.996. The Labute approximate surface area is 226 Å². The molecule has 1 aromatic heterocycles. The number of rotatable bonds is 11. The zero-order chi connectivity index (χ0) is 22.6. The summed E-state index contributed by atoms with van der Waals surface area (Å²) in [5, 5.41) is 24.0. The predicted octanol–water partition coefficient (Wildman–Crippen LogP) is 0.137. The second-order valence-electron chi connectivity index (χ2n) is 8.08. The summed E-state index contributed by atoms with van der Waals surface area (Å²) in [7, 11) is 0. The number of hydrogen-bond acceptors (Lipinski definition) is 6. The molecule has 1 heterocycles. The van der Waals surface area contributed by atoms with Gasteiger partial charge in [-0.15, -0.1) is 11.3 Å². The summed E-state index contributed by atoms with van der Waals surface area (Å²) >= 11 is 1.36. The van der Waals surface area contributed by atoms with Crippen molar-refractivity contribution in [2.24, 2.45) is 17.8 Å². The Kier molecular flexibility index (Phi) is 18.3. The second-order valence-corrected chi connectivity index (χ2v) is 9.02. The van der Waals surface area contributed by atoms with E-state index < -0.39 is 11.9 Å². The number of aryl methyl sites for hydroxylation is 1. The van der Waals surface area contributed by atoms with Crippen molar-refractivity contribution in [3.05, 3.63) is 16.1 Å². The maximum Gasteiger partial charge on any atom is 1.00 e. The number of hydrogen-bond donors (Lipinski definition) is 2. The molecule has 0 fully saturated rings. The quantitative estimate of drug-likeness (QED) is 0.448. The Morgan fingerprint density at radius 2 is 1.77 bits per heavy atom. The first-order valence-corrected chi connectivity index (χ1v) is 11.0. The number of aromatic carboxylic acids is 1. The molecule has 1 unspecified atom stereocenters. The molecule has 30 heavy (non-hydrogen) atoms. The van der Waals surface area contributed by atoms with Gasteiger partial charge in [0.15, 0.2) is 5.69 Å². The van der Waals surface area contributed by atoms with E-state index in [-0.39, 0.29) is 81.4 Å². The van der Waals surface area contributed by atoms with Gasteiger partial charge in [-0.2, -0.15) is 0 Å². The van der Waals surface area contributed by atoms with Crippen molar-refractivity contribution in [1.82, 2.24) is 10.3 Å². The van der Waals surface area contributed by atoms with Gasteiger partial charge in [0.1, 0.15) is 0 Å². The summed E-state index contributed by atoms with van der Waals surface area (Å²) in [5.74, 6) is -0.923. The maximum atomic E-state index is 12.0. The molecular formula is C21H35KN2O5S. The van der Waals surface area contributed by atoms with E-state index in [1.165, 1.54) is 11.3 Å². The molecule has 0 saturated heterocycles. The second kappa shape index (κ2) is 17.3. The van der Waals surface area contributed by atoms with Gasteiger partial charge in [-0.05, 0) is 30.6 Å². The summed E-state index contributed by atoms with van der Waals surface area (Å²) in [6.45, 7) is 12.0. The molecule has 1 amide bonds. The standard InChI is InChI=1S/C16H26N2O3S.C5H10O2.K/c1-5-11(4)8-14(19)17-12(10(2)3)6-7-15-18-13(9-22-15)16(20)21;1-4(2)3-5(6)7;/h9-12H,5-8H2,1-4H3,(H,17,19)(H,20,21);4H,3H2,1-2H3,(H,6,7);/q;;+1/p-1/t11-,12?;;/m0../s1. The van der Waals surface area contributed by atoms with Gasteiger partial charge in [0.2, 0.25) is 5.91 Å². The molecule has 0 aliphatic carbocycles. The van der Waals surface area contributed by atoms with Crippen LogP contribution < -0.4 is 61.8 Å². The summed E-state index contributed by atoms with van der Waals surface area (Å²) in [6, 6.07) is 0.0914. The van der Waals surface area contributed by atoms with Gasteiger partial charge in [0.25, 0.3) is 0 Å². The van der Waals surface area contributed by atoms with Crippen molar-refractivity contribution in [3.63, 3.8) is 0 Å². The number of aliphatic carboxylic acids is 1. The van der Waals surface area contributed by atoms with Crippen molar-refractivity contribution < 1.29 is 76.0 Å². The zero-order valence-corrected chi connectivity index (χ0v) is 23.3. The Bertz CT molecular complexity index is 649. The average molecular weight is 467 g/mol. The molecule has 1 rings (SSSR count). The van der Waals surface area contributed by atoms with Gasteiger partial charge in [-0.1, -0.05) is 48.0 Å². The molecule has 1 aromatic rings. The van der Waals surface area contributed by atoms with E-state index >= 15 is 0 Å². The zero-order valence-electron chi connectivity index (χ0n) is 19.4. The van der Waals surface area contributed by atoms with Crippen LogP contribution >= 0.6 is 11.3 Å². The number of nitrogens with one attached hydrogen (secondary N) is 1. The van der Waals surface area contributed by atoms with Gasteiger partial charge in [-0.25, -0.2) is 9.78 Å². The van der Waals surface area contributed by atoms with Crippen LogP contribution in [0, 0.1) is 17.8 Å². The number of carboxylic acids is 2. The summed E-state index contributed by atoms with van der Waals surface area (Å²) in [6.07, 6.45) is 3.18. The van der Waals surface area contributed by atoms with Crippen LogP contribution in [0.5, 0.6) is 0 Å². The first-order valence-electron chi connectivity index (χ1n) is 10.1. The SMILES string of the molecule is CC(C)CC(=O)[O-].CC[C@H](C)CC(=O)NC(CCc1nc(C(=O)O)cs1)C(C)C.[K+]. The summed E-state index contributed by atoms with van der Waals surface area (Å²) in [4.78, 5) is 36.6. The topological polar surface area (TPSA) is 119 Å². The molecule has 0 bridgehead atoms. The van der Waals surface area contributed by atoms with Crippen LogP contribution in [-0.2, 0) is 16.0 Å². The van der Waals surface area contributed by atoms with Crippen LogP contribution in [0.25, 0.3) is 0 Å². The van der Waals surface area contributed by atoms with Crippen LogP contribution in [0.1, 0.15) is 82.7 Å². The van der Waals surface area contributed by atoms with Gasteiger partial charge < -0.3 is 20.3 Å². The molecule has 9 heteroatoms. The van der Waals surface area contributed by atoms with E-state index in [0.717, 1.165) is 17.8 Å². The van der Waals surface area contributed by atoms with E-state index in [2.05, 4.69) is 38.0 Å². The Hall–Kier alpha value is -0.324. The van der Waals surface area contributed by atoms with Crippen LogP contribution in [0.4, 0.5) is 0 Å². The van der Waals surface area contributed by atoms with Crippen molar-refractivity contribution in [1.29, 1.82) is 0 Å². The fourth-order valence-corrected chi connectivity index (χ4v) is 3.22. The molecule has 0 radical (unpaired) electrons. The Morgan fingerprint density at radius 3 is 2.13 bits per heavy atom. The van der Waals surface area contributed by atoms with E-state index in [1.54, 1.807) is 5.38 Å². The third-order valence-electron chi connectivity index (χ3n) is 4.40. The van der Waals surface area contributed by atoms with Crippen molar-refractivity contribution >= 4 is 29.2 Å². The first kappa shape index (κ1) is 31.9. The van der Waals surface area contributed by atoms with E-state index in [9.17, 15) is 19.5 Å². The number of carboxylic acid groups (broad SMARTS) is 2. The van der Waals surface area contributed by atoms with Crippen LogP contribution in [-0.4, -0.2) is 34.0 Å². The predicted molar refractivity (Wildman–Crippen MR) is 113 cm³/mol. The van der Waals surface area contributed by atoms with Crippen LogP contribution in [0.3, 0.4) is 0 Å². The number of nitrogens with zero attached hydrogens (tertiary/aromatic N) is 1. The van der Waals surface area contributed by atoms with Crippen molar-refractivity contribution in [2.75, 3.05) is 0 Å². The van der Waals surface area contributed by atoms with Crippen LogP contribution in [0.15, 0.2) is 5.38 Å². The number of carbonyl (C=O) groups is 3. The number of carbonyl (C=O) groups excluding carboxylic acids is 2. The number of aromatic nitrogens is 1.